The van der Waals surface area contributed by atoms with Gasteiger partial charge >= 0.3 is 0 Å². The molecule has 1 N–H and O–H groups in total. The van der Waals surface area contributed by atoms with Crippen molar-refractivity contribution in [2.75, 3.05) is 47.6 Å². The third-order valence-corrected chi connectivity index (χ3v) is 5.73. The van der Waals surface area contributed by atoms with Crippen LogP contribution in [-0.4, -0.2) is 64.3 Å². The van der Waals surface area contributed by atoms with Crippen LogP contribution in [0.5, 0.6) is 11.5 Å². The second kappa shape index (κ2) is 10.5. The maximum atomic E-state index is 13.1. The summed E-state index contributed by atoms with van der Waals surface area (Å²) in [7, 11) is 4.72. The van der Waals surface area contributed by atoms with Gasteiger partial charge in [0.05, 0.1) is 26.7 Å². The van der Waals surface area contributed by atoms with Gasteiger partial charge in [0.15, 0.2) is 11.5 Å². The molecule has 1 aliphatic rings. The van der Waals surface area contributed by atoms with E-state index >= 15 is 0 Å². The number of rotatable bonds is 8. The molecule has 2 aromatic carbocycles. The molecule has 3 rings (SSSR count). The molecule has 8 heteroatoms. The van der Waals surface area contributed by atoms with Crippen LogP contribution in [0.1, 0.15) is 21.8 Å². The van der Waals surface area contributed by atoms with Crippen molar-refractivity contribution < 1.29 is 23.8 Å². The number of carbonyl (C=O) groups is 2. The third-order valence-electron chi connectivity index (χ3n) is 5.47. The highest BCUT2D eigenvalue weighted by atomic mass is 35.5. The lowest BCUT2D eigenvalue weighted by Crippen LogP contribution is -2.37. The number of benzene rings is 2. The van der Waals surface area contributed by atoms with Crippen LogP contribution in [0.3, 0.4) is 0 Å². The summed E-state index contributed by atoms with van der Waals surface area (Å²) < 4.78 is 16.1. The molecule has 7 nitrogen and oxygen atoms in total. The van der Waals surface area contributed by atoms with E-state index in [2.05, 4.69) is 5.32 Å². The molecule has 0 spiro atoms. The number of methoxy groups -OCH3 is 3. The van der Waals surface area contributed by atoms with Gasteiger partial charge in [-0.1, -0.05) is 23.7 Å². The second-order valence-corrected chi connectivity index (χ2v) is 7.73. The van der Waals surface area contributed by atoms with Gasteiger partial charge in [0, 0.05) is 48.8 Å². The summed E-state index contributed by atoms with van der Waals surface area (Å²) in [5.74, 6) is 0.207. The number of halogens is 1. The topological polar surface area (TPSA) is 77.1 Å². The standard InChI is InChI=1S/C23H27ClN2O5/c1-29-12-11-25-22(27)19-14-26(23(28)15-7-9-16(24)10-8-15)13-18(19)17-5-4-6-20(30-2)21(17)31-3/h4-10,18-19H,11-14H2,1-3H3,(H,25,27)/t18-,19+/m1/s1. The van der Waals surface area contributed by atoms with E-state index in [1.807, 2.05) is 18.2 Å². The average molecular weight is 447 g/mol. The van der Waals surface area contributed by atoms with E-state index in [1.54, 1.807) is 50.5 Å². The molecule has 1 saturated heterocycles. The SMILES string of the molecule is COCCNC(=O)[C@H]1CN(C(=O)c2ccc(Cl)cc2)C[C@@H]1c1cccc(OC)c1OC. The normalized spacial score (nSPS) is 18.0. The first kappa shape index (κ1) is 22.9. The monoisotopic (exact) mass is 446 g/mol. The van der Waals surface area contributed by atoms with Crippen LogP contribution in [0.4, 0.5) is 0 Å². The second-order valence-electron chi connectivity index (χ2n) is 7.30. The fraction of sp³-hybridized carbons (Fsp3) is 0.391. The Balaban J connectivity index is 1.91. The highest BCUT2D eigenvalue weighted by Gasteiger charge is 2.42. The van der Waals surface area contributed by atoms with Crippen LogP contribution in [0.25, 0.3) is 0 Å². The predicted molar refractivity (Wildman–Crippen MR) is 118 cm³/mol. The quantitative estimate of drug-likeness (QED) is 0.631. The molecule has 1 fully saturated rings. The van der Waals surface area contributed by atoms with E-state index in [0.717, 1.165) is 5.56 Å². The largest absolute Gasteiger partial charge is 0.493 e. The predicted octanol–water partition coefficient (Wildman–Crippen LogP) is 2.98. The summed E-state index contributed by atoms with van der Waals surface area (Å²) in [5, 5.41) is 3.47. The first-order valence-corrected chi connectivity index (χ1v) is 10.4. The number of ether oxygens (including phenoxy) is 3. The van der Waals surface area contributed by atoms with Gasteiger partial charge in [-0.3, -0.25) is 9.59 Å². The zero-order valence-electron chi connectivity index (χ0n) is 17.9. The van der Waals surface area contributed by atoms with Crippen LogP contribution in [0, 0.1) is 5.92 Å². The lowest BCUT2D eigenvalue weighted by molar-refractivity contribution is -0.125. The first-order chi connectivity index (χ1) is 15.0. The zero-order valence-corrected chi connectivity index (χ0v) is 18.6. The van der Waals surface area contributed by atoms with Crippen LogP contribution < -0.4 is 14.8 Å². The average Bonchev–Trinajstić information content (AvgIpc) is 3.24. The highest BCUT2D eigenvalue weighted by molar-refractivity contribution is 6.30. The Kier molecular flexibility index (Phi) is 7.76. The van der Waals surface area contributed by atoms with Gasteiger partial charge < -0.3 is 24.4 Å². The van der Waals surface area contributed by atoms with Gasteiger partial charge in [-0.25, -0.2) is 0 Å². The lowest BCUT2D eigenvalue weighted by atomic mass is 9.87. The number of para-hydroxylation sites is 1. The Labute approximate surface area is 187 Å². The summed E-state index contributed by atoms with van der Waals surface area (Å²) in [6, 6.07) is 12.3. The number of carbonyl (C=O) groups excluding carboxylic acids is 2. The van der Waals surface area contributed by atoms with Gasteiger partial charge in [0.1, 0.15) is 0 Å². The minimum absolute atomic E-state index is 0.127. The van der Waals surface area contributed by atoms with Crippen LogP contribution in [0.15, 0.2) is 42.5 Å². The van der Waals surface area contributed by atoms with Gasteiger partial charge in [-0.15, -0.1) is 0 Å². The molecule has 0 aromatic heterocycles. The minimum Gasteiger partial charge on any atom is -0.493 e. The maximum absolute atomic E-state index is 13.1. The van der Waals surface area contributed by atoms with E-state index in [0.29, 0.717) is 48.3 Å². The fourth-order valence-corrected chi connectivity index (χ4v) is 4.06. The Morgan fingerprint density at radius 1 is 1.06 bits per heavy atom. The Bertz CT molecular complexity index is 919. The maximum Gasteiger partial charge on any atom is 0.253 e. The molecule has 0 radical (unpaired) electrons. The molecule has 31 heavy (non-hydrogen) atoms. The molecule has 0 saturated carbocycles. The fourth-order valence-electron chi connectivity index (χ4n) is 3.94. The number of amides is 2. The molecule has 1 aliphatic heterocycles. The summed E-state index contributed by atoms with van der Waals surface area (Å²) in [6.07, 6.45) is 0. The van der Waals surface area contributed by atoms with E-state index < -0.39 is 5.92 Å². The smallest absolute Gasteiger partial charge is 0.253 e. The van der Waals surface area contributed by atoms with E-state index in [9.17, 15) is 9.59 Å². The van der Waals surface area contributed by atoms with Crippen LogP contribution in [-0.2, 0) is 9.53 Å². The summed E-state index contributed by atoms with van der Waals surface area (Å²) in [4.78, 5) is 27.8. The number of hydrogen-bond acceptors (Lipinski definition) is 5. The van der Waals surface area contributed by atoms with Crippen molar-refractivity contribution in [1.82, 2.24) is 10.2 Å². The molecule has 0 bridgehead atoms. The summed E-state index contributed by atoms with van der Waals surface area (Å²) in [6.45, 7) is 1.50. The number of hydrogen-bond donors (Lipinski definition) is 1. The number of likely N-dealkylation sites (tertiary alicyclic amines) is 1. The Hall–Kier alpha value is -2.77. The Morgan fingerprint density at radius 2 is 1.81 bits per heavy atom. The molecular formula is C23H27ClN2O5. The van der Waals surface area contributed by atoms with Crippen molar-refractivity contribution in [3.63, 3.8) is 0 Å². The first-order valence-electron chi connectivity index (χ1n) is 10.0. The van der Waals surface area contributed by atoms with Crippen molar-refractivity contribution >= 4 is 23.4 Å². The van der Waals surface area contributed by atoms with Crippen molar-refractivity contribution in [3.8, 4) is 11.5 Å². The van der Waals surface area contributed by atoms with Crippen molar-refractivity contribution in [1.29, 1.82) is 0 Å². The molecular weight excluding hydrogens is 420 g/mol. The number of nitrogens with one attached hydrogen (secondary N) is 1. The highest BCUT2D eigenvalue weighted by Crippen LogP contribution is 2.42. The van der Waals surface area contributed by atoms with Gasteiger partial charge in [0.25, 0.3) is 5.91 Å². The van der Waals surface area contributed by atoms with E-state index in [4.69, 9.17) is 25.8 Å². The van der Waals surface area contributed by atoms with E-state index in [1.165, 1.54) is 0 Å². The minimum atomic E-state index is -0.436. The molecule has 1 heterocycles. The summed E-state index contributed by atoms with van der Waals surface area (Å²) >= 11 is 5.95. The van der Waals surface area contributed by atoms with Gasteiger partial charge in [-0.2, -0.15) is 0 Å². The Morgan fingerprint density at radius 3 is 2.45 bits per heavy atom. The van der Waals surface area contributed by atoms with Crippen LogP contribution in [0.2, 0.25) is 5.02 Å². The van der Waals surface area contributed by atoms with Crippen molar-refractivity contribution in [3.05, 3.63) is 58.6 Å². The third kappa shape index (κ3) is 5.11. The van der Waals surface area contributed by atoms with Crippen molar-refractivity contribution in [2.24, 2.45) is 5.92 Å². The summed E-state index contributed by atoms with van der Waals surface area (Å²) in [5.41, 5.74) is 1.36. The molecule has 166 valence electrons. The van der Waals surface area contributed by atoms with E-state index in [-0.39, 0.29) is 17.7 Å². The number of nitrogens with zero attached hydrogens (tertiary/aromatic N) is 1. The molecule has 2 atom stereocenters. The van der Waals surface area contributed by atoms with Gasteiger partial charge in [-0.05, 0) is 30.3 Å². The zero-order chi connectivity index (χ0) is 22.4. The van der Waals surface area contributed by atoms with Crippen LogP contribution >= 0.6 is 11.6 Å². The van der Waals surface area contributed by atoms with Crippen molar-refractivity contribution in [2.45, 2.75) is 5.92 Å². The molecule has 0 aliphatic carbocycles. The molecule has 2 amide bonds. The molecule has 2 aromatic rings. The van der Waals surface area contributed by atoms with Gasteiger partial charge in [0.2, 0.25) is 5.91 Å². The molecule has 0 unspecified atom stereocenters. The lowest BCUT2D eigenvalue weighted by Gasteiger charge is -2.21.